The van der Waals surface area contributed by atoms with E-state index in [0.717, 1.165) is 37.0 Å². The standard InChI is InChI=1S/C17H20N2O/c1-2-17(19-9-7-18-8-10-19)15-4-3-14-12-16(20)6-5-13(14)11-15/h2-6,11-12,17-18,20H,1,7-10H2/t17-/m1/s1. The number of phenolic OH excluding ortho intramolecular Hbond substituents is 1. The summed E-state index contributed by atoms with van der Waals surface area (Å²) in [7, 11) is 0. The minimum Gasteiger partial charge on any atom is -0.508 e. The van der Waals surface area contributed by atoms with E-state index in [9.17, 15) is 5.11 Å². The van der Waals surface area contributed by atoms with E-state index in [4.69, 9.17) is 0 Å². The molecule has 0 bridgehead atoms. The highest BCUT2D eigenvalue weighted by Crippen LogP contribution is 2.27. The Bertz CT molecular complexity index is 617. The van der Waals surface area contributed by atoms with Gasteiger partial charge < -0.3 is 10.4 Å². The lowest BCUT2D eigenvalue weighted by Gasteiger charge is -2.33. The van der Waals surface area contributed by atoms with Gasteiger partial charge in [-0.3, -0.25) is 4.90 Å². The smallest absolute Gasteiger partial charge is 0.116 e. The number of rotatable bonds is 3. The largest absolute Gasteiger partial charge is 0.508 e. The van der Waals surface area contributed by atoms with Gasteiger partial charge in [0.2, 0.25) is 0 Å². The van der Waals surface area contributed by atoms with E-state index in [1.165, 1.54) is 5.56 Å². The molecule has 0 radical (unpaired) electrons. The van der Waals surface area contributed by atoms with Crippen molar-refractivity contribution >= 4 is 10.8 Å². The number of benzene rings is 2. The third-order valence-electron chi connectivity index (χ3n) is 3.96. The maximum atomic E-state index is 9.53. The summed E-state index contributed by atoms with van der Waals surface area (Å²) in [6, 6.07) is 12.2. The molecule has 1 aliphatic heterocycles. The van der Waals surface area contributed by atoms with Crippen molar-refractivity contribution in [2.45, 2.75) is 6.04 Å². The molecule has 0 spiro atoms. The van der Waals surface area contributed by atoms with Crippen LogP contribution in [0, 0.1) is 0 Å². The molecule has 1 fully saturated rings. The molecule has 0 unspecified atom stereocenters. The minimum absolute atomic E-state index is 0.260. The van der Waals surface area contributed by atoms with Crippen molar-refractivity contribution in [2.24, 2.45) is 0 Å². The monoisotopic (exact) mass is 268 g/mol. The molecule has 1 heterocycles. The highest BCUT2D eigenvalue weighted by molar-refractivity contribution is 5.84. The fourth-order valence-electron chi connectivity index (χ4n) is 2.89. The maximum Gasteiger partial charge on any atom is 0.116 e. The van der Waals surface area contributed by atoms with Gasteiger partial charge in [0.15, 0.2) is 0 Å². The van der Waals surface area contributed by atoms with Crippen LogP contribution in [0.2, 0.25) is 0 Å². The Morgan fingerprint density at radius 3 is 2.55 bits per heavy atom. The number of aromatic hydroxyl groups is 1. The van der Waals surface area contributed by atoms with Crippen LogP contribution in [0.25, 0.3) is 10.8 Å². The van der Waals surface area contributed by atoms with E-state index in [2.05, 4.69) is 35.0 Å². The van der Waals surface area contributed by atoms with Gasteiger partial charge in [-0.15, -0.1) is 6.58 Å². The van der Waals surface area contributed by atoms with E-state index < -0.39 is 0 Å². The Hall–Kier alpha value is -1.84. The quantitative estimate of drug-likeness (QED) is 0.840. The third-order valence-corrected chi connectivity index (χ3v) is 3.96. The van der Waals surface area contributed by atoms with Gasteiger partial charge in [-0.1, -0.05) is 24.3 Å². The normalized spacial score (nSPS) is 18.0. The predicted molar refractivity (Wildman–Crippen MR) is 83.0 cm³/mol. The number of hydrogen-bond acceptors (Lipinski definition) is 3. The molecule has 104 valence electrons. The van der Waals surface area contributed by atoms with Crippen molar-refractivity contribution < 1.29 is 5.11 Å². The summed E-state index contributed by atoms with van der Waals surface area (Å²) in [6.45, 7) is 8.16. The molecule has 2 aromatic rings. The molecule has 1 saturated heterocycles. The van der Waals surface area contributed by atoms with Gasteiger partial charge in [0.1, 0.15) is 5.75 Å². The number of piperazine rings is 1. The summed E-state index contributed by atoms with van der Waals surface area (Å²) >= 11 is 0. The first-order valence-electron chi connectivity index (χ1n) is 7.08. The molecule has 0 aliphatic carbocycles. The molecule has 3 rings (SSSR count). The molecule has 0 aromatic heterocycles. The van der Waals surface area contributed by atoms with Crippen LogP contribution in [0.1, 0.15) is 11.6 Å². The number of nitrogens with one attached hydrogen (secondary N) is 1. The van der Waals surface area contributed by atoms with E-state index in [-0.39, 0.29) is 6.04 Å². The summed E-state index contributed by atoms with van der Waals surface area (Å²) in [5, 5.41) is 15.1. The summed E-state index contributed by atoms with van der Waals surface area (Å²) < 4.78 is 0. The molecule has 3 nitrogen and oxygen atoms in total. The topological polar surface area (TPSA) is 35.5 Å². The molecule has 2 aromatic carbocycles. The highest BCUT2D eigenvalue weighted by atomic mass is 16.3. The maximum absolute atomic E-state index is 9.53. The van der Waals surface area contributed by atoms with E-state index in [1.807, 2.05) is 12.1 Å². The zero-order valence-electron chi connectivity index (χ0n) is 11.5. The van der Waals surface area contributed by atoms with Gasteiger partial charge in [-0.05, 0) is 34.5 Å². The Labute approximate surface area is 119 Å². The van der Waals surface area contributed by atoms with E-state index >= 15 is 0 Å². The average Bonchev–Trinajstić information content (AvgIpc) is 2.49. The molecule has 0 saturated carbocycles. The van der Waals surface area contributed by atoms with Gasteiger partial charge in [-0.25, -0.2) is 0 Å². The second-order valence-corrected chi connectivity index (χ2v) is 5.26. The fraction of sp³-hybridized carbons (Fsp3) is 0.294. The van der Waals surface area contributed by atoms with Gasteiger partial charge >= 0.3 is 0 Å². The summed E-state index contributed by atoms with van der Waals surface area (Å²) in [5.74, 6) is 0.313. The van der Waals surface area contributed by atoms with Crippen molar-refractivity contribution in [3.63, 3.8) is 0 Å². The molecule has 1 atom stereocenters. The zero-order chi connectivity index (χ0) is 13.9. The average molecular weight is 268 g/mol. The van der Waals surface area contributed by atoms with Crippen molar-refractivity contribution in [3.05, 3.63) is 54.6 Å². The Kier molecular flexibility index (Phi) is 3.72. The first-order chi connectivity index (χ1) is 9.78. The lowest BCUT2D eigenvalue weighted by molar-refractivity contribution is 0.203. The van der Waals surface area contributed by atoms with Crippen molar-refractivity contribution in [2.75, 3.05) is 26.2 Å². The molecule has 2 N–H and O–H groups in total. The van der Waals surface area contributed by atoms with Crippen LogP contribution in [0.15, 0.2) is 49.1 Å². The number of hydrogen-bond donors (Lipinski definition) is 2. The first-order valence-corrected chi connectivity index (χ1v) is 7.08. The zero-order valence-corrected chi connectivity index (χ0v) is 11.5. The van der Waals surface area contributed by atoms with Crippen LogP contribution in [-0.2, 0) is 0 Å². The van der Waals surface area contributed by atoms with E-state index in [0.29, 0.717) is 5.75 Å². The lowest BCUT2D eigenvalue weighted by atomic mass is 10.00. The van der Waals surface area contributed by atoms with Crippen LogP contribution in [0.5, 0.6) is 5.75 Å². The van der Waals surface area contributed by atoms with E-state index in [1.54, 1.807) is 12.1 Å². The number of nitrogens with zero attached hydrogens (tertiary/aromatic N) is 1. The SMILES string of the molecule is C=C[C@H](c1ccc2cc(O)ccc2c1)N1CCNCC1. The van der Waals surface area contributed by atoms with Crippen molar-refractivity contribution in [1.29, 1.82) is 0 Å². The Morgan fingerprint density at radius 1 is 1.10 bits per heavy atom. The molecule has 1 aliphatic rings. The van der Waals surface area contributed by atoms with Gasteiger partial charge in [0, 0.05) is 26.2 Å². The summed E-state index contributed by atoms with van der Waals surface area (Å²) in [5.41, 5.74) is 1.26. The molecule has 3 heteroatoms. The first kappa shape index (κ1) is 13.2. The molecule has 20 heavy (non-hydrogen) atoms. The van der Waals surface area contributed by atoms with Crippen molar-refractivity contribution in [1.82, 2.24) is 10.2 Å². The van der Waals surface area contributed by atoms with Crippen LogP contribution in [-0.4, -0.2) is 36.2 Å². The van der Waals surface area contributed by atoms with Crippen LogP contribution in [0.4, 0.5) is 0 Å². The Morgan fingerprint density at radius 2 is 1.80 bits per heavy atom. The number of fused-ring (bicyclic) bond motifs is 1. The van der Waals surface area contributed by atoms with Crippen molar-refractivity contribution in [3.8, 4) is 5.75 Å². The third kappa shape index (κ3) is 2.55. The highest BCUT2D eigenvalue weighted by Gasteiger charge is 2.19. The van der Waals surface area contributed by atoms with Crippen LogP contribution < -0.4 is 5.32 Å². The molecular weight excluding hydrogens is 248 g/mol. The van der Waals surface area contributed by atoms with Gasteiger partial charge in [-0.2, -0.15) is 0 Å². The summed E-state index contributed by atoms with van der Waals surface area (Å²) in [6.07, 6.45) is 2.02. The number of phenols is 1. The molecule has 0 amide bonds. The Balaban J connectivity index is 1.94. The molecular formula is C17H20N2O. The predicted octanol–water partition coefficient (Wildman–Crippen LogP) is 2.68. The fourth-order valence-corrected chi connectivity index (χ4v) is 2.89. The second-order valence-electron chi connectivity index (χ2n) is 5.26. The van der Waals surface area contributed by atoms with Gasteiger partial charge in [0.25, 0.3) is 0 Å². The van der Waals surface area contributed by atoms with Crippen LogP contribution >= 0.6 is 0 Å². The minimum atomic E-state index is 0.260. The van der Waals surface area contributed by atoms with Gasteiger partial charge in [0.05, 0.1) is 6.04 Å². The second kappa shape index (κ2) is 5.65. The summed E-state index contributed by atoms with van der Waals surface area (Å²) in [4.78, 5) is 2.45. The lowest BCUT2D eigenvalue weighted by Crippen LogP contribution is -2.44. The van der Waals surface area contributed by atoms with Crippen LogP contribution in [0.3, 0.4) is 0 Å².